The van der Waals surface area contributed by atoms with Crippen LogP contribution >= 0.6 is 0 Å². The van der Waals surface area contributed by atoms with Gasteiger partial charge < -0.3 is 14.8 Å². The molecule has 0 radical (unpaired) electrons. The Bertz CT molecular complexity index is 662. The summed E-state index contributed by atoms with van der Waals surface area (Å²) in [6.45, 7) is 6.79. The molecule has 4 nitrogen and oxygen atoms in total. The Morgan fingerprint density at radius 1 is 1.00 bits per heavy atom. The van der Waals surface area contributed by atoms with Gasteiger partial charge in [-0.15, -0.1) is 0 Å². The molecule has 0 saturated heterocycles. The van der Waals surface area contributed by atoms with E-state index in [-0.39, 0.29) is 12.5 Å². The van der Waals surface area contributed by atoms with Crippen molar-refractivity contribution >= 4 is 11.6 Å². The minimum atomic E-state index is -0.195. The summed E-state index contributed by atoms with van der Waals surface area (Å²) >= 11 is 0. The van der Waals surface area contributed by atoms with Gasteiger partial charge >= 0.3 is 0 Å². The lowest BCUT2D eigenvalue weighted by Gasteiger charge is -2.10. The topological polar surface area (TPSA) is 47.6 Å². The summed E-state index contributed by atoms with van der Waals surface area (Å²) in [6.07, 6.45) is 2.10. The highest BCUT2D eigenvalue weighted by molar-refractivity contribution is 5.92. The van der Waals surface area contributed by atoms with E-state index in [9.17, 15) is 4.79 Å². The Kier molecular flexibility index (Phi) is 6.67. The van der Waals surface area contributed by atoms with Crippen LogP contribution in [0.15, 0.2) is 42.5 Å². The number of carbonyl (C=O) groups is 1. The van der Waals surface area contributed by atoms with Gasteiger partial charge in [-0.05, 0) is 55.7 Å². The van der Waals surface area contributed by atoms with Gasteiger partial charge in [0, 0.05) is 11.8 Å². The molecule has 0 heterocycles. The molecule has 0 unspecified atom stereocenters. The predicted molar refractivity (Wildman–Crippen MR) is 96.9 cm³/mol. The average Bonchev–Trinajstić information content (AvgIpc) is 2.53. The zero-order valence-corrected chi connectivity index (χ0v) is 14.6. The van der Waals surface area contributed by atoms with Crippen molar-refractivity contribution in [3.05, 3.63) is 53.6 Å². The molecule has 2 rings (SSSR count). The number of carbonyl (C=O) groups excluding carboxylic acids is 1. The van der Waals surface area contributed by atoms with Crippen LogP contribution in [-0.2, 0) is 4.79 Å². The van der Waals surface area contributed by atoms with Crippen molar-refractivity contribution in [2.24, 2.45) is 0 Å². The van der Waals surface area contributed by atoms with E-state index in [1.54, 1.807) is 0 Å². The maximum atomic E-state index is 12.1. The van der Waals surface area contributed by atoms with E-state index >= 15 is 0 Å². The number of ether oxygens (including phenoxy) is 2. The van der Waals surface area contributed by atoms with E-state index < -0.39 is 0 Å². The average molecular weight is 327 g/mol. The molecule has 0 aliphatic carbocycles. The fraction of sp³-hybridized carbons (Fsp3) is 0.350. The number of nitrogens with one attached hydrogen (secondary N) is 1. The maximum absolute atomic E-state index is 12.1. The van der Waals surface area contributed by atoms with Crippen molar-refractivity contribution in [1.29, 1.82) is 0 Å². The Labute approximate surface area is 143 Å². The van der Waals surface area contributed by atoms with Crippen LogP contribution < -0.4 is 14.8 Å². The monoisotopic (exact) mass is 327 g/mol. The molecule has 24 heavy (non-hydrogen) atoms. The summed E-state index contributed by atoms with van der Waals surface area (Å²) in [5.74, 6) is 1.27. The number of hydrogen-bond donors (Lipinski definition) is 1. The van der Waals surface area contributed by atoms with E-state index in [0.29, 0.717) is 18.0 Å². The second-order valence-electron chi connectivity index (χ2n) is 5.89. The normalized spacial score (nSPS) is 10.3. The smallest absolute Gasteiger partial charge is 0.262 e. The van der Waals surface area contributed by atoms with Gasteiger partial charge in [0.2, 0.25) is 0 Å². The fourth-order valence-electron chi connectivity index (χ4n) is 2.36. The third kappa shape index (κ3) is 5.95. The van der Waals surface area contributed by atoms with E-state index in [1.807, 2.05) is 50.2 Å². The summed E-state index contributed by atoms with van der Waals surface area (Å²) in [4.78, 5) is 12.1. The lowest BCUT2D eigenvalue weighted by molar-refractivity contribution is -0.118. The highest BCUT2D eigenvalue weighted by atomic mass is 16.5. The Morgan fingerprint density at radius 2 is 1.75 bits per heavy atom. The van der Waals surface area contributed by atoms with Crippen LogP contribution in [0.25, 0.3) is 0 Å². The maximum Gasteiger partial charge on any atom is 0.262 e. The number of anilines is 1. The van der Waals surface area contributed by atoms with Crippen molar-refractivity contribution in [3.8, 4) is 11.5 Å². The van der Waals surface area contributed by atoms with Gasteiger partial charge in [0.1, 0.15) is 11.5 Å². The predicted octanol–water partition coefficient (Wildman–Crippen LogP) is 4.50. The molecule has 0 bridgehead atoms. The molecule has 4 heteroatoms. The highest BCUT2D eigenvalue weighted by Gasteiger charge is 2.05. The molecule has 2 aromatic rings. The number of unbranched alkanes of at least 4 members (excludes halogenated alkanes) is 1. The van der Waals surface area contributed by atoms with Crippen molar-refractivity contribution in [2.45, 2.75) is 33.6 Å². The first-order valence-corrected chi connectivity index (χ1v) is 8.30. The standard InChI is InChI=1S/C20H25NO3/c1-4-5-9-23-18-8-6-7-17(13-18)21-20(22)14-24-19-11-15(2)10-16(3)12-19/h6-8,10-13H,4-5,9,14H2,1-3H3,(H,21,22). The first kappa shape index (κ1) is 17.9. The van der Waals surface area contributed by atoms with Crippen LogP contribution in [0.5, 0.6) is 11.5 Å². The number of benzene rings is 2. The van der Waals surface area contributed by atoms with Crippen LogP contribution in [0.3, 0.4) is 0 Å². The molecule has 0 aliphatic heterocycles. The van der Waals surface area contributed by atoms with Crippen LogP contribution in [0.1, 0.15) is 30.9 Å². The molecule has 128 valence electrons. The number of amides is 1. The zero-order valence-electron chi connectivity index (χ0n) is 14.6. The Balaban J connectivity index is 1.86. The molecule has 0 spiro atoms. The lowest BCUT2D eigenvalue weighted by Crippen LogP contribution is -2.20. The second kappa shape index (κ2) is 8.96. The molecular formula is C20H25NO3. The van der Waals surface area contributed by atoms with Crippen molar-refractivity contribution in [3.63, 3.8) is 0 Å². The molecule has 0 atom stereocenters. The minimum Gasteiger partial charge on any atom is -0.494 e. The minimum absolute atomic E-state index is 0.0240. The van der Waals surface area contributed by atoms with Gasteiger partial charge in [-0.1, -0.05) is 25.5 Å². The number of hydrogen-bond acceptors (Lipinski definition) is 3. The van der Waals surface area contributed by atoms with E-state index in [1.165, 1.54) is 0 Å². The summed E-state index contributed by atoms with van der Waals surface area (Å²) in [7, 11) is 0. The summed E-state index contributed by atoms with van der Waals surface area (Å²) < 4.78 is 11.2. The lowest BCUT2D eigenvalue weighted by atomic mass is 10.1. The van der Waals surface area contributed by atoms with Crippen LogP contribution in [-0.4, -0.2) is 19.1 Å². The molecule has 0 fully saturated rings. The van der Waals surface area contributed by atoms with Crippen molar-refractivity contribution in [2.75, 3.05) is 18.5 Å². The van der Waals surface area contributed by atoms with Gasteiger partial charge in [0.15, 0.2) is 6.61 Å². The van der Waals surface area contributed by atoms with Gasteiger partial charge in [0.05, 0.1) is 6.61 Å². The molecular weight excluding hydrogens is 302 g/mol. The summed E-state index contributed by atoms with van der Waals surface area (Å²) in [5, 5.41) is 2.83. The zero-order chi connectivity index (χ0) is 17.4. The SMILES string of the molecule is CCCCOc1cccc(NC(=O)COc2cc(C)cc(C)c2)c1. The fourth-order valence-corrected chi connectivity index (χ4v) is 2.36. The highest BCUT2D eigenvalue weighted by Crippen LogP contribution is 2.18. The van der Waals surface area contributed by atoms with Crippen molar-refractivity contribution in [1.82, 2.24) is 0 Å². The van der Waals surface area contributed by atoms with E-state index in [4.69, 9.17) is 9.47 Å². The molecule has 2 aromatic carbocycles. The van der Waals surface area contributed by atoms with Gasteiger partial charge in [0.25, 0.3) is 5.91 Å². The quantitative estimate of drug-likeness (QED) is 0.726. The van der Waals surface area contributed by atoms with E-state index in [0.717, 1.165) is 29.7 Å². The molecule has 0 aliphatic rings. The third-order valence-electron chi connectivity index (χ3n) is 3.45. The third-order valence-corrected chi connectivity index (χ3v) is 3.45. The molecule has 1 amide bonds. The van der Waals surface area contributed by atoms with Crippen LogP contribution in [0.4, 0.5) is 5.69 Å². The molecule has 1 N–H and O–H groups in total. The number of aryl methyl sites for hydroxylation is 2. The van der Waals surface area contributed by atoms with E-state index in [2.05, 4.69) is 18.3 Å². The van der Waals surface area contributed by atoms with Crippen LogP contribution in [0, 0.1) is 13.8 Å². The first-order chi connectivity index (χ1) is 11.6. The molecule has 0 aromatic heterocycles. The summed E-state index contributed by atoms with van der Waals surface area (Å²) in [5.41, 5.74) is 2.93. The number of rotatable bonds is 8. The van der Waals surface area contributed by atoms with Crippen molar-refractivity contribution < 1.29 is 14.3 Å². The Hall–Kier alpha value is -2.49. The largest absolute Gasteiger partial charge is 0.494 e. The Morgan fingerprint density at radius 3 is 2.46 bits per heavy atom. The first-order valence-electron chi connectivity index (χ1n) is 8.30. The van der Waals surface area contributed by atoms with Crippen LogP contribution in [0.2, 0.25) is 0 Å². The summed E-state index contributed by atoms with van der Waals surface area (Å²) in [6, 6.07) is 13.3. The van der Waals surface area contributed by atoms with Gasteiger partial charge in [-0.2, -0.15) is 0 Å². The van der Waals surface area contributed by atoms with Gasteiger partial charge in [-0.3, -0.25) is 4.79 Å². The second-order valence-corrected chi connectivity index (χ2v) is 5.89. The van der Waals surface area contributed by atoms with Gasteiger partial charge in [-0.25, -0.2) is 0 Å². The molecule has 0 saturated carbocycles.